The third kappa shape index (κ3) is 4.32. The van der Waals surface area contributed by atoms with Crippen LogP contribution in [0.3, 0.4) is 0 Å². The summed E-state index contributed by atoms with van der Waals surface area (Å²) in [6, 6.07) is 7.92. The summed E-state index contributed by atoms with van der Waals surface area (Å²) in [6.45, 7) is 6.07. The van der Waals surface area contributed by atoms with Crippen molar-refractivity contribution in [3.05, 3.63) is 45.4 Å². The van der Waals surface area contributed by atoms with E-state index in [0.717, 1.165) is 28.4 Å². The molecule has 1 atom stereocenters. The van der Waals surface area contributed by atoms with E-state index in [0.29, 0.717) is 6.42 Å². The number of carbonyl (C=O) groups excluding carboxylic acids is 1. The topological polar surface area (TPSA) is 42.4 Å². The average Bonchev–Trinajstić information content (AvgIpc) is 2.90. The molecule has 0 saturated heterocycles. The van der Waals surface area contributed by atoms with Crippen molar-refractivity contribution in [2.45, 2.75) is 39.7 Å². The Labute approximate surface area is 142 Å². The molecular weight excluding hydrogens is 308 g/mol. The number of ether oxygens (including phenoxy) is 1. The molecule has 0 aliphatic rings. The molecule has 0 unspecified atom stereocenters. The molecule has 0 aliphatic carbocycles. The van der Waals surface area contributed by atoms with Gasteiger partial charge in [-0.3, -0.25) is 4.79 Å². The van der Waals surface area contributed by atoms with Crippen molar-refractivity contribution in [2.24, 2.45) is 0 Å². The standard InChI is InChI=1S/C18H24N2O2S/c1-12-18(23-14(3)19-12)13(2)20(4)17(21)11-8-15-6-9-16(22-5)10-7-15/h6-7,9-10,13H,8,11H2,1-5H3/t13-/m1/s1. The van der Waals surface area contributed by atoms with Crippen LogP contribution in [-0.4, -0.2) is 29.9 Å². The number of hydrogen-bond acceptors (Lipinski definition) is 4. The van der Waals surface area contributed by atoms with Crippen LogP contribution in [0, 0.1) is 13.8 Å². The molecule has 0 radical (unpaired) electrons. The largest absolute Gasteiger partial charge is 0.497 e. The molecule has 0 bridgehead atoms. The summed E-state index contributed by atoms with van der Waals surface area (Å²) in [4.78, 5) is 19.9. The van der Waals surface area contributed by atoms with Gasteiger partial charge < -0.3 is 9.64 Å². The summed E-state index contributed by atoms with van der Waals surface area (Å²) in [7, 11) is 3.52. The second-order valence-corrected chi connectivity index (χ2v) is 6.95. The zero-order valence-electron chi connectivity index (χ0n) is 14.4. The number of carbonyl (C=O) groups is 1. The highest BCUT2D eigenvalue weighted by atomic mass is 32.1. The average molecular weight is 332 g/mol. The van der Waals surface area contributed by atoms with Crippen molar-refractivity contribution >= 4 is 17.2 Å². The van der Waals surface area contributed by atoms with Crippen molar-refractivity contribution in [1.29, 1.82) is 0 Å². The van der Waals surface area contributed by atoms with E-state index in [1.165, 1.54) is 4.88 Å². The summed E-state index contributed by atoms with van der Waals surface area (Å²) in [5.74, 6) is 0.987. The van der Waals surface area contributed by atoms with Gasteiger partial charge in [0.15, 0.2) is 0 Å². The summed E-state index contributed by atoms with van der Waals surface area (Å²) < 4.78 is 5.15. The van der Waals surface area contributed by atoms with E-state index >= 15 is 0 Å². The zero-order valence-corrected chi connectivity index (χ0v) is 15.2. The molecule has 5 heteroatoms. The molecule has 1 aromatic carbocycles. The SMILES string of the molecule is COc1ccc(CCC(=O)N(C)[C@H](C)c2sc(C)nc2C)cc1. The Hall–Kier alpha value is -1.88. The van der Waals surface area contributed by atoms with Crippen LogP contribution >= 0.6 is 11.3 Å². The summed E-state index contributed by atoms with van der Waals surface area (Å²) in [5, 5.41) is 1.04. The Morgan fingerprint density at radius 3 is 2.48 bits per heavy atom. The van der Waals surface area contributed by atoms with Crippen molar-refractivity contribution in [1.82, 2.24) is 9.88 Å². The molecule has 2 aromatic rings. The number of rotatable bonds is 6. The van der Waals surface area contributed by atoms with Crippen LogP contribution in [0.4, 0.5) is 0 Å². The third-order valence-electron chi connectivity index (χ3n) is 4.08. The molecule has 1 aromatic heterocycles. The van der Waals surface area contributed by atoms with E-state index in [4.69, 9.17) is 4.74 Å². The van der Waals surface area contributed by atoms with E-state index in [1.54, 1.807) is 18.4 Å². The third-order valence-corrected chi connectivity index (χ3v) is 5.32. The van der Waals surface area contributed by atoms with Crippen molar-refractivity contribution in [3.63, 3.8) is 0 Å². The van der Waals surface area contributed by atoms with E-state index in [2.05, 4.69) is 11.9 Å². The minimum atomic E-state index is 0.0598. The monoisotopic (exact) mass is 332 g/mol. The van der Waals surface area contributed by atoms with E-state index in [9.17, 15) is 4.79 Å². The predicted molar refractivity (Wildman–Crippen MR) is 94.1 cm³/mol. The Balaban J connectivity index is 1.95. The maximum Gasteiger partial charge on any atom is 0.223 e. The number of aryl methyl sites for hydroxylation is 3. The van der Waals surface area contributed by atoms with Crippen LogP contribution in [0.5, 0.6) is 5.75 Å². The zero-order chi connectivity index (χ0) is 17.0. The number of amides is 1. The summed E-state index contributed by atoms with van der Waals surface area (Å²) >= 11 is 1.67. The first kappa shape index (κ1) is 17.5. The Morgan fingerprint density at radius 2 is 1.96 bits per heavy atom. The molecule has 0 spiro atoms. The predicted octanol–water partition coefficient (Wildman–Crippen LogP) is 3.92. The molecule has 1 amide bonds. The quantitative estimate of drug-likeness (QED) is 0.805. The smallest absolute Gasteiger partial charge is 0.223 e. The molecule has 0 N–H and O–H groups in total. The molecule has 0 saturated carbocycles. The fraction of sp³-hybridized carbons (Fsp3) is 0.444. The van der Waals surface area contributed by atoms with Gasteiger partial charge in [-0.05, 0) is 44.9 Å². The number of hydrogen-bond donors (Lipinski definition) is 0. The number of thiazole rings is 1. The van der Waals surface area contributed by atoms with Crippen molar-refractivity contribution in [3.8, 4) is 5.75 Å². The van der Waals surface area contributed by atoms with Gasteiger partial charge in [0, 0.05) is 18.3 Å². The lowest BCUT2D eigenvalue weighted by atomic mass is 10.1. The van der Waals surface area contributed by atoms with Gasteiger partial charge in [0.2, 0.25) is 5.91 Å². The van der Waals surface area contributed by atoms with Gasteiger partial charge >= 0.3 is 0 Å². The van der Waals surface area contributed by atoms with Gasteiger partial charge in [0.25, 0.3) is 0 Å². The molecular formula is C18H24N2O2S. The van der Waals surface area contributed by atoms with Crippen LogP contribution in [0.15, 0.2) is 24.3 Å². The van der Waals surface area contributed by atoms with Gasteiger partial charge in [0.1, 0.15) is 5.75 Å². The molecule has 0 aliphatic heterocycles. The number of aromatic nitrogens is 1. The molecule has 1 heterocycles. The molecule has 2 rings (SSSR count). The lowest BCUT2D eigenvalue weighted by molar-refractivity contribution is -0.131. The van der Waals surface area contributed by atoms with E-state index in [1.807, 2.05) is 50.1 Å². The van der Waals surface area contributed by atoms with Crippen LogP contribution in [-0.2, 0) is 11.2 Å². The second-order valence-electron chi connectivity index (χ2n) is 5.71. The van der Waals surface area contributed by atoms with Gasteiger partial charge in [-0.1, -0.05) is 12.1 Å². The van der Waals surface area contributed by atoms with E-state index in [-0.39, 0.29) is 11.9 Å². The first-order valence-corrected chi connectivity index (χ1v) is 8.56. The number of nitrogens with zero attached hydrogens (tertiary/aromatic N) is 2. The first-order valence-electron chi connectivity index (χ1n) is 7.75. The Bertz CT molecular complexity index is 664. The van der Waals surface area contributed by atoms with E-state index < -0.39 is 0 Å². The van der Waals surface area contributed by atoms with Gasteiger partial charge in [-0.2, -0.15) is 0 Å². The Morgan fingerprint density at radius 1 is 1.30 bits per heavy atom. The second kappa shape index (κ2) is 7.59. The molecule has 0 fully saturated rings. The van der Waals surface area contributed by atoms with Crippen LogP contribution < -0.4 is 4.74 Å². The van der Waals surface area contributed by atoms with Crippen molar-refractivity contribution < 1.29 is 9.53 Å². The number of benzene rings is 1. The highest BCUT2D eigenvalue weighted by molar-refractivity contribution is 7.11. The Kier molecular flexibility index (Phi) is 5.77. The van der Waals surface area contributed by atoms with Crippen LogP contribution in [0.2, 0.25) is 0 Å². The lowest BCUT2D eigenvalue weighted by Crippen LogP contribution is -2.29. The van der Waals surface area contributed by atoms with Crippen LogP contribution in [0.1, 0.15) is 40.5 Å². The fourth-order valence-corrected chi connectivity index (χ4v) is 3.57. The normalized spacial score (nSPS) is 12.0. The van der Waals surface area contributed by atoms with Gasteiger partial charge in [-0.25, -0.2) is 4.98 Å². The lowest BCUT2D eigenvalue weighted by Gasteiger charge is -2.24. The van der Waals surface area contributed by atoms with Gasteiger partial charge in [0.05, 0.1) is 23.9 Å². The molecule has 124 valence electrons. The minimum absolute atomic E-state index is 0.0598. The molecule has 23 heavy (non-hydrogen) atoms. The highest BCUT2D eigenvalue weighted by Crippen LogP contribution is 2.28. The highest BCUT2D eigenvalue weighted by Gasteiger charge is 2.21. The number of methoxy groups -OCH3 is 1. The fourth-order valence-electron chi connectivity index (χ4n) is 2.55. The summed E-state index contributed by atoms with van der Waals surface area (Å²) in [6.07, 6.45) is 1.24. The minimum Gasteiger partial charge on any atom is -0.497 e. The first-order chi connectivity index (χ1) is 10.9. The van der Waals surface area contributed by atoms with Crippen molar-refractivity contribution in [2.75, 3.05) is 14.2 Å². The molecule has 4 nitrogen and oxygen atoms in total. The maximum atomic E-state index is 12.5. The summed E-state index contributed by atoms with van der Waals surface area (Å²) in [5.41, 5.74) is 2.17. The van der Waals surface area contributed by atoms with Crippen LogP contribution in [0.25, 0.3) is 0 Å². The van der Waals surface area contributed by atoms with Gasteiger partial charge in [-0.15, -0.1) is 11.3 Å². The maximum absolute atomic E-state index is 12.5.